The summed E-state index contributed by atoms with van der Waals surface area (Å²) in [4.78, 5) is 23.3. The Bertz CT molecular complexity index is 1190. The molecule has 2 N–H and O–H groups in total. The number of carboxylic acid groups (broad SMARTS) is 1. The number of hydrogen-bond acceptors (Lipinski definition) is 5. The highest BCUT2D eigenvalue weighted by Gasteiger charge is 2.17. The van der Waals surface area contributed by atoms with Gasteiger partial charge in [0.05, 0.1) is 10.9 Å². The molecule has 0 aliphatic rings. The van der Waals surface area contributed by atoms with Crippen LogP contribution >= 0.6 is 0 Å². The van der Waals surface area contributed by atoms with Gasteiger partial charge in [0.1, 0.15) is 0 Å². The van der Waals surface area contributed by atoms with Crippen LogP contribution in [0.4, 0.5) is 11.4 Å². The molecular weight excluding hydrogens is 392 g/mol. The number of benzene rings is 3. The van der Waals surface area contributed by atoms with Crippen molar-refractivity contribution in [2.45, 2.75) is 11.8 Å². The maximum absolute atomic E-state index is 12.7. The Hall–Kier alpha value is -3.65. The van der Waals surface area contributed by atoms with Crippen molar-refractivity contribution in [3.05, 3.63) is 89.5 Å². The summed E-state index contributed by atoms with van der Waals surface area (Å²) in [5, 5.41) is 13.7. The Morgan fingerprint density at radius 1 is 0.828 bits per heavy atom. The number of sulfonamides is 1. The topological polar surface area (TPSA) is 115 Å². The lowest BCUT2D eigenvalue weighted by molar-refractivity contribution is -0.255. The van der Waals surface area contributed by atoms with Crippen molar-refractivity contribution >= 4 is 33.3 Å². The van der Waals surface area contributed by atoms with Crippen LogP contribution in [0.25, 0.3) is 0 Å². The molecule has 0 saturated heterocycles. The Kier molecular flexibility index (Phi) is 5.65. The van der Waals surface area contributed by atoms with Gasteiger partial charge in [-0.3, -0.25) is 9.52 Å². The Morgan fingerprint density at radius 2 is 1.48 bits per heavy atom. The fourth-order valence-electron chi connectivity index (χ4n) is 2.65. The maximum Gasteiger partial charge on any atom is 0.261 e. The molecule has 8 heteroatoms. The first kappa shape index (κ1) is 20.1. The summed E-state index contributed by atoms with van der Waals surface area (Å²) in [6, 6.07) is 18.0. The first-order valence-corrected chi connectivity index (χ1v) is 10.1. The number of carbonyl (C=O) groups excluding carboxylic acids is 2. The molecular formula is C21H17N2O5S-. The van der Waals surface area contributed by atoms with Crippen LogP contribution in [0.5, 0.6) is 0 Å². The summed E-state index contributed by atoms with van der Waals surface area (Å²) >= 11 is 0. The normalized spacial score (nSPS) is 10.9. The molecule has 0 saturated carbocycles. The van der Waals surface area contributed by atoms with E-state index in [1.165, 1.54) is 42.5 Å². The lowest BCUT2D eigenvalue weighted by Crippen LogP contribution is -2.22. The third-order valence-electron chi connectivity index (χ3n) is 4.03. The van der Waals surface area contributed by atoms with E-state index in [0.29, 0.717) is 5.69 Å². The van der Waals surface area contributed by atoms with Gasteiger partial charge in [-0.05, 0) is 60.5 Å². The molecule has 0 atom stereocenters. The number of amides is 1. The zero-order valence-electron chi connectivity index (χ0n) is 15.4. The molecule has 3 rings (SSSR count). The minimum absolute atomic E-state index is 0.0707. The fraction of sp³-hybridized carbons (Fsp3) is 0.0476. The van der Waals surface area contributed by atoms with E-state index in [1.54, 1.807) is 18.2 Å². The van der Waals surface area contributed by atoms with Gasteiger partial charge >= 0.3 is 0 Å². The van der Waals surface area contributed by atoms with Gasteiger partial charge in [0.15, 0.2) is 0 Å². The Labute approximate surface area is 168 Å². The molecule has 0 bridgehead atoms. The molecule has 0 unspecified atom stereocenters. The predicted molar refractivity (Wildman–Crippen MR) is 107 cm³/mol. The van der Waals surface area contributed by atoms with E-state index in [1.807, 2.05) is 13.0 Å². The van der Waals surface area contributed by atoms with Crippen molar-refractivity contribution in [3.8, 4) is 0 Å². The second-order valence-corrected chi connectivity index (χ2v) is 8.01. The van der Waals surface area contributed by atoms with E-state index in [9.17, 15) is 23.1 Å². The van der Waals surface area contributed by atoms with Crippen LogP contribution in [0.15, 0.2) is 77.7 Å². The quantitative estimate of drug-likeness (QED) is 0.649. The van der Waals surface area contributed by atoms with E-state index in [4.69, 9.17) is 0 Å². The third kappa shape index (κ3) is 4.99. The van der Waals surface area contributed by atoms with Gasteiger partial charge in [-0.15, -0.1) is 0 Å². The van der Waals surface area contributed by atoms with Crippen molar-refractivity contribution in [2.75, 3.05) is 10.0 Å². The smallest absolute Gasteiger partial charge is 0.261 e. The largest absolute Gasteiger partial charge is 0.545 e. The molecule has 0 aliphatic heterocycles. The standard InChI is InChI=1S/C21H18N2O5S/c1-14-5-2-8-17(11-14)22-20(24)15-6-4-10-19(13-15)29(27,28)23-18-9-3-7-16(12-18)21(25)26/h2-13,23H,1H3,(H,22,24)(H,25,26)/p-1. The molecule has 0 fully saturated rings. The SMILES string of the molecule is Cc1cccc(NC(=O)c2cccc(S(=O)(=O)Nc3cccc(C(=O)[O-])c3)c2)c1. The number of anilines is 2. The lowest BCUT2D eigenvalue weighted by atomic mass is 10.2. The maximum atomic E-state index is 12.7. The Balaban J connectivity index is 1.83. The number of aromatic carboxylic acids is 1. The van der Waals surface area contributed by atoms with Crippen LogP contribution in [0.1, 0.15) is 26.3 Å². The average molecular weight is 409 g/mol. The summed E-state index contributed by atoms with van der Waals surface area (Å²) in [5.41, 5.74) is 1.65. The molecule has 0 spiro atoms. The summed E-state index contributed by atoms with van der Waals surface area (Å²) < 4.78 is 27.6. The number of nitrogens with one attached hydrogen (secondary N) is 2. The summed E-state index contributed by atoms with van der Waals surface area (Å²) in [7, 11) is -4.03. The number of aryl methyl sites for hydroxylation is 1. The third-order valence-corrected chi connectivity index (χ3v) is 5.41. The van der Waals surface area contributed by atoms with Gasteiger partial charge in [0.2, 0.25) is 0 Å². The number of hydrogen-bond donors (Lipinski definition) is 2. The van der Waals surface area contributed by atoms with Gasteiger partial charge in [0, 0.05) is 16.9 Å². The first-order chi connectivity index (χ1) is 13.7. The molecule has 148 valence electrons. The highest BCUT2D eigenvalue weighted by atomic mass is 32.2. The second kappa shape index (κ2) is 8.15. The molecule has 3 aromatic rings. The Morgan fingerprint density at radius 3 is 2.21 bits per heavy atom. The van der Waals surface area contributed by atoms with E-state index in [2.05, 4.69) is 10.0 Å². The molecule has 7 nitrogen and oxygen atoms in total. The molecule has 3 aromatic carbocycles. The minimum atomic E-state index is -4.03. The number of rotatable bonds is 6. The van der Waals surface area contributed by atoms with Gasteiger partial charge in [0.25, 0.3) is 15.9 Å². The number of carbonyl (C=O) groups is 2. The number of carboxylic acids is 1. The monoisotopic (exact) mass is 409 g/mol. The van der Waals surface area contributed by atoms with Crippen molar-refractivity contribution < 1.29 is 23.1 Å². The molecule has 0 heterocycles. The van der Waals surface area contributed by atoms with Crippen molar-refractivity contribution in [2.24, 2.45) is 0 Å². The molecule has 29 heavy (non-hydrogen) atoms. The van der Waals surface area contributed by atoms with E-state index >= 15 is 0 Å². The summed E-state index contributed by atoms with van der Waals surface area (Å²) in [5.74, 6) is -1.87. The molecule has 1 amide bonds. The van der Waals surface area contributed by atoms with E-state index < -0.39 is 21.9 Å². The van der Waals surface area contributed by atoms with Gasteiger partial charge in [-0.1, -0.05) is 30.3 Å². The second-order valence-electron chi connectivity index (χ2n) is 6.33. The van der Waals surface area contributed by atoms with Crippen molar-refractivity contribution in [1.29, 1.82) is 0 Å². The first-order valence-electron chi connectivity index (χ1n) is 8.57. The van der Waals surface area contributed by atoms with Crippen LogP contribution < -0.4 is 15.1 Å². The van der Waals surface area contributed by atoms with Gasteiger partial charge in [-0.25, -0.2) is 8.42 Å². The average Bonchev–Trinajstić information content (AvgIpc) is 2.68. The molecule has 0 radical (unpaired) electrons. The van der Waals surface area contributed by atoms with Crippen LogP contribution in [0.3, 0.4) is 0 Å². The van der Waals surface area contributed by atoms with Gasteiger partial charge < -0.3 is 15.2 Å². The summed E-state index contributed by atoms with van der Waals surface area (Å²) in [6.45, 7) is 1.89. The predicted octanol–water partition coefficient (Wildman–Crippen LogP) is 2.41. The molecule has 0 aliphatic carbocycles. The minimum Gasteiger partial charge on any atom is -0.545 e. The zero-order chi connectivity index (χ0) is 21.0. The zero-order valence-corrected chi connectivity index (χ0v) is 16.2. The highest BCUT2D eigenvalue weighted by molar-refractivity contribution is 7.92. The van der Waals surface area contributed by atoms with E-state index in [0.717, 1.165) is 11.6 Å². The van der Waals surface area contributed by atoms with Gasteiger partial charge in [-0.2, -0.15) is 0 Å². The lowest BCUT2D eigenvalue weighted by Gasteiger charge is -2.11. The van der Waals surface area contributed by atoms with Crippen LogP contribution in [0.2, 0.25) is 0 Å². The van der Waals surface area contributed by atoms with Crippen molar-refractivity contribution in [1.82, 2.24) is 0 Å². The van der Waals surface area contributed by atoms with Crippen LogP contribution in [-0.4, -0.2) is 20.3 Å². The highest BCUT2D eigenvalue weighted by Crippen LogP contribution is 2.19. The van der Waals surface area contributed by atoms with Crippen molar-refractivity contribution in [3.63, 3.8) is 0 Å². The van der Waals surface area contributed by atoms with Crippen LogP contribution in [0, 0.1) is 6.92 Å². The fourth-order valence-corrected chi connectivity index (χ4v) is 3.75. The van der Waals surface area contributed by atoms with E-state index in [-0.39, 0.29) is 21.7 Å². The summed E-state index contributed by atoms with van der Waals surface area (Å²) in [6.07, 6.45) is 0. The molecule has 0 aromatic heterocycles. The van der Waals surface area contributed by atoms with Crippen LogP contribution in [-0.2, 0) is 10.0 Å².